The number of aromatic nitrogens is 2. The van der Waals surface area contributed by atoms with Gasteiger partial charge >= 0.3 is 0 Å². The summed E-state index contributed by atoms with van der Waals surface area (Å²) in [6, 6.07) is 5.76. The summed E-state index contributed by atoms with van der Waals surface area (Å²) in [7, 11) is 0. The van der Waals surface area contributed by atoms with Crippen LogP contribution in [-0.4, -0.2) is 27.8 Å². The number of hydrogen-bond donors (Lipinski definition) is 2. The number of amides is 2. The van der Waals surface area contributed by atoms with E-state index in [-0.39, 0.29) is 17.6 Å². The highest BCUT2D eigenvalue weighted by Crippen LogP contribution is 2.27. The fraction of sp³-hybridized carbons (Fsp3) is 0.300. The highest BCUT2D eigenvalue weighted by Gasteiger charge is 2.16. The molecule has 2 aromatic heterocycles. The van der Waals surface area contributed by atoms with Gasteiger partial charge in [0.15, 0.2) is 4.34 Å². The molecule has 9 heteroatoms. The fourth-order valence-electron chi connectivity index (χ4n) is 3.02. The summed E-state index contributed by atoms with van der Waals surface area (Å²) in [5.41, 5.74) is 4.54. The van der Waals surface area contributed by atoms with Crippen molar-refractivity contribution in [3.8, 4) is 0 Å². The number of anilines is 2. The van der Waals surface area contributed by atoms with E-state index in [9.17, 15) is 9.59 Å². The molecule has 0 atom stereocenters. The van der Waals surface area contributed by atoms with E-state index in [1.807, 2.05) is 32.9 Å². The maximum atomic E-state index is 12.3. The fourth-order valence-corrected chi connectivity index (χ4v) is 4.57. The molecule has 3 aromatic rings. The molecule has 7 nitrogen and oxygen atoms in total. The monoisotopic (exact) mass is 430 g/mol. The van der Waals surface area contributed by atoms with Crippen LogP contribution in [0.4, 0.5) is 10.8 Å². The van der Waals surface area contributed by atoms with Gasteiger partial charge in [0, 0.05) is 5.69 Å². The van der Waals surface area contributed by atoms with Gasteiger partial charge in [0.25, 0.3) is 5.91 Å². The summed E-state index contributed by atoms with van der Waals surface area (Å²) in [4.78, 5) is 24.6. The summed E-state index contributed by atoms with van der Waals surface area (Å²) in [6.45, 7) is 9.51. The van der Waals surface area contributed by atoms with Gasteiger partial charge in [-0.05, 0) is 51.8 Å². The molecule has 0 saturated carbocycles. The van der Waals surface area contributed by atoms with Crippen molar-refractivity contribution < 1.29 is 14.0 Å². The maximum absolute atomic E-state index is 12.3. The van der Waals surface area contributed by atoms with Crippen molar-refractivity contribution in [3.05, 3.63) is 52.0 Å². The highest BCUT2D eigenvalue weighted by molar-refractivity contribution is 8.01. The third kappa shape index (κ3) is 5.24. The van der Waals surface area contributed by atoms with Gasteiger partial charge in [0.1, 0.15) is 11.5 Å². The summed E-state index contributed by atoms with van der Waals surface area (Å²) in [5.74, 6) is 1.02. The largest absolute Gasteiger partial charge is 0.466 e. The number of nitrogens with one attached hydrogen (secondary N) is 2. The Morgan fingerprint density at radius 3 is 2.34 bits per heavy atom. The lowest BCUT2D eigenvalue weighted by Gasteiger charge is -2.12. The molecule has 0 saturated heterocycles. The lowest BCUT2D eigenvalue weighted by Crippen LogP contribution is -2.15. The molecule has 2 N–H and O–H groups in total. The topological polar surface area (TPSA) is 97.1 Å². The minimum Gasteiger partial charge on any atom is -0.466 e. The van der Waals surface area contributed by atoms with Gasteiger partial charge in [-0.3, -0.25) is 14.9 Å². The van der Waals surface area contributed by atoms with Crippen LogP contribution in [0.25, 0.3) is 0 Å². The van der Waals surface area contributed by atoms with Crippen molar-refractivity contribution in [1.82, 2.24) is 10.2 Å². The molecule has 0 unspecified atom stereocenters. The zero-order valence-electron chi connectivity index (χ0n) is 16.9. The number of carbonyl (C=O) groups excluding carboxylic acids is 2. The molecule has 0 fully saturated rings. The number of hydrogen-bond acceptors (Lipinski definition) is 7. The second kappa shape index (κ2) is 8.79. The van der Waals surface area contributed by atoms with Crippen LogP contribution in [0.15, 0.2) is 27.0 Å². The maximum Gasteiger partial charge on any atom is 0.261 e. The van der Waals surface area contributed by atoms with Crippen molar-refractivity contribution in [3.63, 3.8) is 0 Å². The average Bonchev–Trinajstić information content (AvgIpc) is 3.21. The minimum atomic E-state index is -0.296. The quantitative estimate of drug-likeness (QED) is 0.436. The Kier molecular flexibility index (Phi) is 6.39. The van der Waals surface area contributed by atoms with E-state index < -0.39 is 0 Å². The average molecular weight is 431 g/mol. The second-order valence-electron chi connectivity index (χ2n) is 6.76. The smallest absolute Gasteiger partial charge is 0.261 e. The van der Waals surface area contributed by atoms with Gasteiger partial charge in [-0.25, -0.2) is 0 Å². The van der Waals surface area contributed by atoms with Crippen molar-refractivity contribution >= 4 is 45.7 Å². The number of nitrogens with zero attached hydrogens (tertiary/aromatic N) is 2. The zero-order valence-corrected chi connectivity index (χ0v) is 18.5. The standard InChI is InChI=1S/C20H22N4O3S2/c1-10-6-11(2)17(12(3)7-10)21-16(25)9-28-20-24-23-19(29-20)22-18(26)15-8-13(4)27-14(15)5/h6-8H,9H2,1-5H3,(H,21,25)(H,22,23,26). The third-order valence-corrected chi connectivity index (χ3v) is 6.15. The molecule has 3 rings (SSSR count). The molecule has 0 aliphatic rings. The Morgan fingerprint density at radius 1 is 1.03 bits per heavy atom. The Labute approximate surface area is 177 Å². The molecule has 29 heavy (non-hydrogen) atoms. The van der Waals surface area contributed by atoms with Crippen molar-refractivity contribution in [2.24, 2.45) is 0 Å². The summed E-state index contributed by atoms with van der Waals surface area (Å²) in [5, 5.41) is 14.1. The van der Waals surface area contributed by atoms with E-state index in [2.05, 4.69) is 20.8 Å². The first kappa shape index (κ1) is 21.1. The summed E-state index contributed by atoms with van der Waals surface area (Å²) >= 11 is 2.50. The lowest BCUT2D eigenvalue weighted by molar-refractivity contribution is -0.113. The summed E-state index contributed by atoms with van der Waals surface area (Å²) < 4.78 is 5.98. The Morgan fingerprint density at radius 2 is 1.72 bits per heavy atom. The summed E-state index contributed by atoms with van der Waals surface area (Å²) in [6.07, 6.45) is 0. The first-order chi connectivity index (χ1) is 13.7. The molecule has 2 amide bonds. The van der Waals surface area contributed by atoms with Gasteiger partial charge in [-0.1, -0.05) is 40.8 Å². The van der Waals surface area contributed by atoms with Crippen LogP contribution in [0.2, 0.25) is 0 Å². The molecule has 152 valence electrons. The molecule has 0 aliphatic carbocycles. The number of carbonyl (C=O) groups is 2. The molecular formula is C20H22N4O3S2. The lowest BCUT2D eigenvalue weighted by atomic mass is 10.1. The Balaban J connectivity index is 1.56. The molecule has 0 radical (unpaired) electrons. The van der Waals surface area contributed by atoms with E-state index in [4.69, 9.17) is 4.42 Å². The van der Waals surface area contributed by atoms with E-state index in [0.717, 1.165) is 22.4 Å². The number of benzene rings is 1. The van der Waals surface area contributed by atoms with E-state index in [1.54, 1.807) is 19.9 Å². The predicted molar refractivity (Wildman–Crippen MR) is 116 cm³/mol. The van der Waals surface area contributed by atoms with E-state index in [0.29, 0.717) is 26.6 Å². The minimum absolute atomic E-state index is 0.115. The van der Waals surface area contributed by atoms with E-state index >= 15 is 0 Å². The Bertz CT molecular complexity index is 1050. The number of rotatable bonds is 6. The first-order valence-electron chi connectivity index (χ1n) is 8.95. The van der Waals surface area contributed by atoms with Gasteiger partial charge in [-0.2, -0.15) is 0 Å². The Hall–Kier alpha value is -2.65. The molecule has 0 bridgehead atoms. The number of aryl methyl sites for hydroxylation is 5. The predicted octanol–water partition coefficient (Wildman–Crippen LogP) is 4.66. The van der Waals surface area contributed by atoms with Gasteiger partial charge in [0.2, 0.25) is 11.0 Å². The normalized spacial score (nSPS) is 10.8. The van der Waals surface area contributed by atoms with Gasteiger partial charge in [0.05, 0.1) is 11.3 Å². The van der Waals surface area contributed by atoms with Crippen LogP contribution in [-0.2, 0) is 4.79 Å². The van der Waals surface area contributed by atoms with Crippen LogP contribution in [0.1, 0.15) is 38.6 Å². The second-order valence-corrected chi connectivity index (χ2v) is 8.96. The van der Waals surface area contributed by atoms with Crippen molar-refractivity contribution in [2.45, 2.75) is 39.0 Å². The zero-order chi connectivity index (χ0) is 21.1. The van der Waals surface area contributed by atoms with E-state index in [1.165, 1.54) is 23.1 Å². The highest BCUT2D eigenvalue weighted by atomic mass is 32.2. The molecule has 1 aromatic carbocycles. The number of thioether (sulfide) groups is 1. The third-order valence-electron chi connectivity index (χ3n) is 4.18. The van der Waals surface area contributed by atoms with Crippen LogP contribution in [0.5, 0.6) is 0 Å². The SMILES string of the molecule is Cc1cc(C)c(NC(=O)CSc2nnc(NC(=O)c3cc(C)oc3C)s2)c(C)c1. The van der Waals surface area contributed by atoms with Crippen LogP contribution >= 0.6 is 23.1 Å². The van der Waals surface area contributed by atoms with Crippen LogP contribution in [0.3, 0.4) is 0 Å². The number of furan rings is 1. The van der Waals surface area contributed by atoms with Crippen LogP contribution in [0, 0.1) is 34.6 Å². The molecule has 0 spiro atoms. The molecule has 2 heterocycles. The first-order valence-corrected chi connectivity index (χ1v) is 10.8. The molecule has 0 aliphatic heterocycles. The van der Waals surface area contributed by atoms with Crippen molar-refractivity contribution in [2.75, 3.05) is 16.4 Å². The molecular weight excluding hydrogens is 408 g/mol. The van der Waals surface area contributed by atoms with Crippen LogP contribution < -0.4 is 10.6 Å². The van der Waals surface area contributed by atoms with Gasteiger partial charge < -0.3 is 9.73 Å². The van der Waals surface area contributed by atoms with Gasteiger partial charge in [-0.15, -0.1) is 10.2 Å². The van der Waals surface area contributed by atoms with Crippen molar-refractivity contribution in [1.29, 1.82) is 0 Å².